The number of hydrogen-bond acceptors (Lipinski definition) is 7. The van der Waals surface area contributed by atoms with Crippen LogP contribution in [-0.2, 0) is 21.2 Å². The first kappa shape index (κ1) is 22.2. The zero-order valence-electron chi connectivity index (χ0n) is 18.2. The van der Waals surface area contributed by atoms with Gasteiger partial charge < -0.3 is 9.32 Å². The second kappa shape index (κ2) is 9.25. The van der Waals surface area contributed by atoms with Crippen LogP contribution in [0, 0.1) is 0 Å². The monoisotopic (exact) mass is 457 g/mol. The van der Waals surface area contributed by atoms with E-state index in [1.807, 2.05) is 43.1 Å². The average Bonchev–Trinajstić information content (AvgIpc) is 3.54. The van der Waals surface area contributed by atoms with Crippen molar-refractivity contribution in [1.82, 2.24) is 24.6 Å². The van der Waals surface area contributed by atoms with Gasteiger partial charge in [0.15, 0.2) is 9.84 Å². The molecule has 10 heteroatoms. The highest BCUT2D eigenvalue weighted by Crippen LogP contribution is 2.23. The van der Waals surface area contributed by atoms with Gasteiger partial charge in [-0.1, -0.05) is 12.1 Å². The van der Waals surface area contributed by atoms with Gasteiger partial charge in [-0.3, -0.25) is 9.69 Å². The summed E-state index contributed by atoms with van der Waals surface area (Å²) in [4.78, 5) is 20.8. The summed E-state index contributed by atoms with van der Waals surface area (Å²) in [5, 5.41) is 4.13. The van der Waals surface area contributed by atoms with Crippen LogP contribution in [-0.4, -0.2) is 70.0 Å². The van der Waals surface area contributed by atoms with Gasteiger partial charge in [0.1, 0.15) is 18.4 Å². The highest BCUT2D eigenvalue weighted by molar-refractivity contribution is 7.91. The van der Waals surface area contributed by atoms with Gasteiger partial charge in [0.25, 0.3) is 0 Å². The van der Waals surface area contributed by atoms with Crippen LogP contribution in [0.1, 0.15) is 30.7 Å². The van der Waals surface area contributed by atoms with Crippen LogP contribution < -0.4 is 0 Å². The van der Waals surface area contributed by atoms with E-state index in [9.17, 15) is 13.2 Å². The molecule has 170 valence electrons. The topological polar surface area (TPSA) is 102 Å². The van der Waals surface area contributed by atoms with Gasteiger partial charge in [0.2, 0.25) is 5.91 Å². The lowest BCUT2D eigenvalue weighted by Gasteiger charge is -2.31. The lowest BCUT2D eigenvalue weighted by Crippen LogP contribution is -2.45. The minimum atomic E-state index is -3.11. The summed E-state index contributed by atoms with van der Waals surface area (Å²) in [5.74, 6) is 0.644. The summed E-state index contributed by atoms with van der Waals surface area (Å²) in [5.41, 5.74) is 1.97. The number of aromatic nitrogens is 3. The lowest BCUT2D eigenvalue weighted by molar-refractivity contribution is -0.135. The van der Waals surface area contributed by atoms with Crippen LogP contribution in [0.3, 0.4) is 0 Å². The standard InChI is InChI=1S/C22H27N5O4S/c1-17(18-5-7-19(8-6-18)27-16-23-15-24-27)25(2)13-22(28)26(12-21-4-3-10-31-21)20-9-11-32(29,30)14-20/h3-8,10,15-17,20H,9,11-14H2,1-2H3/t17-,20+/m0/s1. The molecule has 1 aromatic carbocycles. The highest BCUT2D eigenvalue weighted by atomic mass is 32.2. The Balaban J connectivity index is 1.44. The number of hydrogen-bond donors (Lipinski definition) is 0. The maximum atomic E-state index is 13.3. The molecule has 3 heterocycles. The van der Waals surface area contributed by atoms with Gasteiger partial charge >= 0.3 is 0 Å². The third-order valence-electron chi connectivity index (χ3n) is 5.98. The Morgan fingerprint density at radius 2 is 2.06 bits per heavy atom. The van der Waals surface area contributed by atoms with Crippen molar-refractivity contribution < 1.29 is 17.6 Å². The molecule has 3 aromatic rings. The third-order valence-corrected chi connectivity index (χ3v) is 7.73. The molecule has 0 radical (unpaired) electrons. The number of carbonyl (C=O) groups is 1. The second-order valence-corrected chi connectivity index (χ2v) is 10.4. The Hall–Kier alpha value is -2.98. The summed E-state index contributed by atoms with van der Waals surface area (Å²) in [6.45, 7) is 2.47. The SMILES string of the molecule is C[C@@H](c1ccc(-n2cncn2)cc1)N(C)CC(=O)N(Cc1ccco1)[C@@H]1CCS(=O)(=O)C1. The smallest absolute Gasteiger partial charge is 0.237 e. The molecule has 0 aliphatic carbocycles. The molecule has 4 rings (SSSR count). The van der Waals surface area contributed by atoms with E-state index >= 15 is 0 Å². The number of likely N-dealkylation sites (N-methyl/N-ethyl adjacent to an activating group) is 1. The summed E-state index contributed by atoms with van der Waals surface area (Å²) >= 11 is 0. The normalized spacial score (nSPS) is 18.7. The van der Waals surface area contributed by atoms with E-state index in [1.165, 1.54) is 6.33 Å². The van der Waals surface area contributed by atoms with Crippen LogP contribution >= 0.6 is 0 Å². The first-order valence-electron chi connectivity index (χ1n) is 10.5. The molecular weight excluding hydrogens is 430 g/mol. The number of rotatable bonds is 8. The number of sulfone groups is 1. The van der Waals surface area contributed by atoms with Crippen molar-refractivity contribution in [2.24, 2.45) is 0 Å². The van der Waals surface area contributed by atoms with Crippen LogP contribution in [0.5, 0.6) is 0 Å². The molecule has 32 heavy (non-hydrogen) atoms. The summed E-state index contributed by atoms with van der Waals surface area (Å²) in [7, 11) is -1.22. The molecule has 1 fully saturated rings. The van der Waals surface area contributed by atoms with Gasteiger partial charge in [-0.05, 0) is 50.2 Å². The zero-order chi connectivity index (χ0) is 22.7. The van der Waals surface area contributed by atoms with Crippen molar-refractivity contribution in [3.8, 4) is 5.69 Å². The molecule has 0 unspecified atom stereocenters. The van der Waals surface area contributed by atoms with Crippen molar-refractivity contribution >= 4 is 15.7 Å². The van der Waals surface area contributed by atoms with Gasteiger partial charge in [0, 0.05) is 12.1 Å². The van der Waals surface area contributed by atoms with E-state index in [1.54, 1.807) is 34.3 Å². The summed E-state index contributed by atoms with van der Waals surface area (Å²) < 4.78 is 31.1. The number of amides is 1. The van der Waals surface area contributed by atoms with Gasteiger partial charge in [-0.25, -0.2) is 18.1 Å². The van der Waals surface area contributed by atoms with E-state index in [0.717, 1.165) is 11.3 Å². The summed E-state index contributed by atoms with van der Waals surface area (Å²) in [6.07, 6.45) is 5.14. The molecule has 1 aliphatic heterocycles. The minimum absolute atomic E-state index is 0.00244. The average molecular weight is 458 g/mol. The Morgan fingerprint density at radius 3 is 2.66 bits per heavy atom. The van der Waals surface area contributed by atoms with Gasteiger partial charge in [-0.2, -0.15) is 5.10 Å². The van der Waals surface area contributed by atoms with Crippen molar-refractivity contribution in [2.45, 2.75) is 32.0 Å². The Labute approximate surface area is 187 Å². The molecule has 2 aromatic heterocycles. The zero-order valence-corrected chi connectivity index (χ0v) is 19.0. The maximum Gasteiger partial charge on any atom is 0.237 e. The predicted molar refractivity (Wildman–Crippen MR) is 119 cm³/mol. The van der Waals surface area contributed by atoms with Crippen LogP contribution in [0.15, 0.2) is 59.7 Å². The maximum absolute atomic E-state index is 13.3. The Bertz CT molecular complexity index is 1130. The highest BCUT2D eigenvalue weighted by Gasteiger charge is 2.35. The number of benzene rings is 1. The molecule has 2 atom stereocenters. The van der Waals surface area contributed by atoms with Crippen molar-refractivity contribution in [3.63, 3.8) is 0 Å². The molecule has 0 bridgehead atoms. The van der Waals surface area contributed by atoms with E-state index in [2.05, 4.69) is 10.1 Å². The van der Waals surface area contributed by atoms with E-state index in [4.69, 9.17) is 4.42 Å². The molecule has 1 aliphatic rings. The number of furan rings is 1. The Morgan fingerprint density at radius 1 is 1.28 bits per heavy atom. The fourth-order valence-corrected chi connectivity index (χ4v) is 5.69. The van der Waals surface area contributed by atoms with Crippen molar-refractivity contribution in [2.75, 3.05) is 25.1 Å². The first-order chi connectivity index (χ1) is 15.3. The predicted octanol–water partition coefficient (Wildman–Crippen LogP) is 2.07. The van der Waals surface area contributed by atoms with Crippen LogP contribution in [0.4, 0.5) is 0 Å². The number of carbonyl (C=O) groups excluding carboxylic acids is 1. The molecular formula is C22H27N5O4S. The fourth-order valence-electron chi connectivity index (χ4n) is 3.96. The Kier molecular flexibility index (Phi) is 6.43. The quantitative estimate of drug-likeness (QED) is 0.510. The minimum Gasteiger partial charge on any atom is -0.467 e. The van der Waals surface area contributed by atoms with Crippen LogP contribution in [0.25, 0.3) is 5.69 Å². The van der Waals surface area contributed by atoms with Crippen molar-refractivity contribution in [1.29, 1.82) is 0 Å². The summed E-state index contributed by atoms with van der Waals surface area (Å²) in [6, 6.07) is 11.2. The van der Waals surface area contributed by atoms with Gasteiger partial charge in [0.05, 0.1) is 36.5 Å². The molecule has 1 amide bonds. The van der Waals surface area contributed by atoms with E-state index in [0.29, 0.717) is 12.2 Å². The molecule has 0 saturated carbocycles. The van der Waals surface area contributed by atoms with E-state index in [-0.39, 0.29) is 42.6 Å². The first-order valence-corrected chi connectivity index (χ1v) is 12.3. The second-order valence-electron chi connectivity index (χ2n) is 8.18. The number of nitrogens with zero attached hydrogens (tertiary/aromatic N) is 5. The lowest BCUT2D eigenvalue weighted by atomic mass is 10.1. The third kappa shape index (κ3) is 5.08. The fraction of sp³-hybridized carbons (Fsp3) is 0.409. The van der Waals surface area contributed by atoms with Crippen molar-refractivity contribution in [3.05, 3.63) is 66.6 Å². The molecule has 0 spiro atoms. The molecule has 1 saturated heterocycles. The van der Waals surface area contributed by atoms with E-state index < -0.39 is 9.84 Å². The largest absolute Gasteiger partial charge is 0.467 e. The molecule has 0 N–H and O–H groups in total. The van der Waals surface area contributed by atoms with Crippen LogP contribution in [0.2, 0.25) is 0 Å². The molecule has 9 nitrogen and oxygen atoms in total. The van der Waals surface area contributed by atoms with Gasteiger partial charge in [-0.15, -0.1) is 0 Å².